The number of aliphatic hydroxyl groups is 1. The van der Waals surface area contributed by atoms with E-state index in [0.29, 0.717) is 17.0 Å². The van der Waals surface area contributed by atoms with Crippen molar-refractivity contribution in [1.82, 2.24) is 4.31 Å². The Morgan fingerprint density at radius 2 is 1.52 bits per heavy atom. The van der Waals surface area contributed by atoms with Gasteiger partial charge >= 0.3 is 5.97 Å². The van der Waals surface area contributed by atoms with Crippen LogP contribution in [0.5, 0.6) is 0 Å². The van der Waals surface area contributed by atoms with Crippen molar-refractivity contribution in [2.45, 2.75) is 23.9 Å². The minimum atomic E-state index is -3.98. The maximum Gasteiger partial charge on any atom is 0.335 e. The van der Waals surface area contributed by atoms with E-state index in [2.05, 4.69) is 0 Å². The summed E-state index contributed by atoms with van der Waals surface area (Å²) in [6, 6.07) is 20.4. The van der Waals surface area contributed by atoms with Crippen LogP contribution in [0.4, 0.5) is 0 Å². The molecule has 6 nitrogen and oxygen atoms in total. The lowest BCUT2D eigenvalue weighted by molar-refractivity contribution is 0.0697. The molecule has 0 heterocycles. The number of hydrogen-bond acceptors (Lipinski definition) is 4. The van der Waals surface area contributed by atoms with Crippen molar-refractivity contribution >= 4 is 27.6 Å². The molecule has 0 bridgehead atoms. The van der Waals surface area contributed by atoms with Crippen LogP contribution < -0.4 is 0 Å². The number of nitrogens with zero attached hydrogens (tertiary/aromatic N) is 1. The molecule has 0 aliphatic carbocycles. The number of aliphatic hydroxyl groups excluding tert-OH is 1. The normalized spacial score (nSPS) is 12.6. The zero-order valence-corrected chi connectivity index (χ0v) is 18.1. The molecule has 0 saturated heterocycles. The van der Waals surface area contributed by atoms with Crippen molar-refractivity contribution in [1.29, 1.82) is 0 Å². The van der Waals surface area contributed by atoms with Crippen molar-refractivity contribution < 1.29 is 23.4 Å². The molecule has 8 heteroatoms. The highest BCUT2D eigenvalue weighted by atomic mass is 35.5. The van der Waals surface area contributed by atoms with Gasteiger partial charge in [0.05, 0.1) is 23.1 Å². The number of sulfonamides is 1. The molecule has 162 valence electrons. The van der Waals surface area contributed by atoms with Gasteiger partial charge < -0.3 is 10.2 Å². The average molecular weight is 460 g/mol. The van der Waals surface area contributed by atoms with E-state index in [1.165, 1.54) is 40.7 Å². The molecule has 2 N–H and O–H groups in total. The monoisotopic (exact) mass is 459 g/mol. The van der Waals surface area contributed by atoms with E-state index >= 15 is 0 Å². The SMILES string of the molecule is O=C(O)c1ccc(CN(C(CO)Cc2ccccc2)S(=O)(=O)c2ccc(Cl)cc2)cc1. The van der Waals surface area contributed by atoms with Crippen LogP contribution in [0, 0.1) is 0 Å². The van der Waals surface area contributed by atoms with E-state index in [1.54, 1.807) is 12.1 Å². The Morgan fingerprint density at radius 1 is 0.903 bits per heavy atom. The number of carbonyl (C=O) groups is 1. The molecule has 0 saturated carbocycles. The van der Waals surface area contributed by atoms with Gasteiger partial charge in [-0.3, -0.25) is 0 Å². The fourth-order valence-corrected chi connectivity index (χ4v) is 4.96. The molecule has 0 fully saturated rings. The smallest absolute Gasteiger partial charge is 0.335 e. The van der Waals surface area contributed by atoms with Crippen LogP contribution in [0.3, 0.4) is 0 Å². The van der Waals surface area contributed by atoms with Gasteiger partial charge in [0, 0.05) is 11.6 Å². The van der Waals surface area contributed by atoms with E-state index in [9.17, 15) is 18.3 Å². The predicted octanol–water partition coefficient (Wildman–Crippen LogP) is 3.83. The van der Waals surface area contributed by atoms with Crippen molar-refractivity contribution in [3.05, 3.63) is 101 Å². The van der Waals surface area contributed by atoms with Crippen LogP contribution >= 0.6 is 11.6 Å². The molecule has 0 spiro atoms. The second-order valence-corrected chi connectivity index (χ2v) is 9.36. The summed E-state index contributed by atoms with van der Waals surface area (Å²) in [5.74, 6) is -1.06. The summed E-state index contributed by atoms with van der Waals surface area (Å²) in [4.78, 5) is 11.2. The first-order valence-corrected chi connectivity index (χ1v) is 11.4. The second-order valence-electron chi connectivity index (χ2n) is 7.03. The van der Waals surface area contributed by atoms with Gasteiger partial charge in [-0.1, -0.05) is 54.1 Å². The van der Waals surface area contributed by atoms with Crippen LogP contribution in [0.25, 0.3) is 0 Å². The maximum absolute atomic E-state index is 13.5. The van der Waals surface area contributed by atoms with Crippen LogP contribution in [-0.4, -0.2) is 41.6 Å². The second kappa shape index (κ2) is 10.1. The molecule has 1 atom stereocenters. The van der Waals surface area contributed by atoms with Gasteiger partial charge in [0.15, 0.2) is 0 Å². The van der Waals surface area contributed by atoms with Crippen LogP contribution in [-0.2, 0) is 23.0 Å². The summed E-state index contributed by atoms with van der Waals surface area (Å²) in [5, 5.41) is 19.6. The number of rotatable bonds is 9. The Labute approximate surface area is 186 Å². The minimum Gasteiger partial charge on any atom is -0.478 e. The zero-order chi connectivity index (χ0) is 22.4. The van der Waals surface area contributed by atoms with Gasteiger partial charge in [-0.2, -0.15) is 4.31 Å². The number of benzene rings is 3. The highest BCUT2D eigenvalue weighted by Gasteiger charge is 2.31. The fraction of sp³-hybridized carbons (Fsp3) is 0.174. The van der Waals surface area contributed by atoms with E-state index in [4.69, 9.17) is 16.7 Å². The third-order valence-corrected chi connectivity index (χ3v) is 7.06. The molecule has 3 aromatic rings. The summed E-state index contributed by atoms with van der Waals surface area (Å²) >= 11 is 5.91. The highest BCUT2D eigenvalue weighted by Crippen LogP contribution is 2.24. The van der Waals surface area contributed by atoms with Crippen molar-refractivity contribution in [3.63, 3.8) is 0 Å². The largest absolute Gasteiger partial charge is 0.478 e. The molecule has 1 unspecified atom stereocenters. The predicted molar refractivity (Wildman–Crippen MR) is 119 cm³/mol. The lowest BCUT2D eigenvalue weighted by Crippen LogP contribution is -2.43. The van der Waals surface area contributed by atoms with Gasteiger partial charge in [0.1, 0.15) is 0 Å². The Bertz CT molecular complexity index is 1120. The highest BCUT2D eigenvalue weighted by molar-refractivity contribution is 7.89. The number of carboxylic acid groups (broad SMARTS) is 1. The van der Waals surface area contributed by atoms with E-state index in [1.807, 2.05) is 30.3 Å². The molecular formula is C23H22ClNO5S. The van der Waals surface area contributed by atoms with E-state index < -0.39 is 22.0 Å². The average Bonchev–Trinajstić information content (AvgIpc) is 2.77. The van der Waals surface area contributed by atoms with Crippen LogP contribution in [0.2, 0.25) is 5.02 Å². The summed E-state index contributed by atoms with van der Waals surface area (Å²) in [7, 11) is -3.98. The fourth-order valence-electron chi connectivity index (χ4n) is 3.23. The summed E-state index contributed by atoms with van der Waals surface area (Å²) in [6.45, 7) is -0.405. The molecule has 31 heavy (non-hydrogen) atoms. The third-order valence-electron chi connectivity index (χ3n) is 4.89. The van der Waals surface area contributed by atoms with Crippen molar-refractivity contribution in [2.24, 2.45) is 0 Å². The minimum absolute atomic E-state index is 0.0249. The van der Waals surface area contributed by atoms with Gasteiger partial charge in [-0.05, 0) is 53.9 Å². The van der Waals surface area contributed by atoms with Gasteiger partial charge in [-0.15, -0.1) is 0 Å². The van der Waals surface area contributed by atoms with Gasteiger partial charge in [0.25, 0.3) is 0 Å². The maximum atomic E-state index is 13.5. The Hall–Kier alpha value is -2.71. The first-order chi connectivity index (χ1) is 14.8. The summed E-state index contributed by atoms with van der Waals surface area (Å²) in [6.07, 6.45) is 0.317. The molecule has 3 rings (SSSR count). The molecule has 0 radical (unpaired) electrons. The molecule has 0 aliphatic heterocycles. The number of aromatic carboxylic acids is 1. The molecule has 0 aromatic heterocycles. The first-order valence-electron chi connectivity index (χ1n) is 9.55. The molecule has 3 aromatic carbocycles. The zero-order valence-electron chi connectivity index (χ0n) is 16.6. The Kier molecular flexibility index (Phi) is 7.46. The van der Waals surface area contributed by atoms with Crippen LogP contribution in [0.1, 0.15) is 21.5 Å². The number of carboxylic acids is 1. The van der Waals surface area contributed by atoms with E-state index in [0.717, 1.165) is 5.56 Å². The van der Waals surface area contributed by atoms with E-state index in [-0.39, 0.29) is 23.6 Å². The van der Waals surface area contributed by atoms with Crippen LogP contribution in [0.15, 0.2) is 83.8 Å². The number of halogens is 1. The Balaban J connectivity index is 1.99. The Morgan fingerprint density at radius 3 is 2.06 bits per heavy atom. The molecule has 0 amide bonds. The third kappa shape index (κ3) is 5.71. The molecule has 0 aliphatic rings. The number of hydrogen-bond donors (Lipinski definition) is 2. The van der Waals surface area contributed by atoms with Crippen molar-refractivity contribution in [3.8, 4) is 0 Å². The van der Waals surface area contributed by atoms with Gasteiger partial charge in [-0.25, -0.2) is 13.2 Å². The lowest BCUT2D eigenvalue weighted by Gasteiger charge is -2.30. The molecular weight excluding hydrogens is 438 g/mol. The van der Waals surface area contributed by atoms with Gasteiger partial charge in [0.2, 0.25) is 10.0 Å². The standard InChI is InChI=1S/C23H22ClNO5S/c24-20-10-12-22(13-11-20)31(29,30)25(15-18-6-8-19(9-7-18)23(27)28)21(16-26)14-17-4-2-1-3-5-17/h1-13,21,26H,14-16H2,(H,27,28). The summed E-state index contributed by atoms with van der Waals surface area (Å²) in [5.41, 5.74) is 1.60. The van der Waals surface area contributed by atoms with Crippen molar-refractivity contribution in [2.75, 3.05) is 6.61 Å². The summed E-state index contributed by atoms with van der Waals surface area (Å²) < 4.78 is 28.2. The first kappa shape index (κ1) is 23.0. The topological polar surface area (TPSA) is 94.9 Å². The lowest BCUT2D eigenvalue weighted by atomic mass is 10.1. The quantitative estimate of drug-likeness (QED) is 0.507.